The number of nitrogens with one attached hydrogen (secondary N) is 1. The van der Waals surface area contributed by atoms with Crippen molar-refractivity contribution in [3.05, 3.63) is 59.2 Å². The molecule has 0 saturated heterocycles. The summed E-state index contributed by atoms with van der Waals surface area (Å²) in [6, 6.07) is 10.7. The van der Waals surface area contributed by atoms with Crippen molar-refractivity contribution in [3.63, 3.8) is 0 Å². The third-order valence-corrected chi connectivity index (χ3v) is 5.74. The topological polar surface area (TPSA) is 15.3 Å². The third kappa shape index (κ3) is 5.94. The van der Waals surface area contributed by atoms with Crippen molar-refractivity contribution >= 4 is 11.4 Å². The molecule has 2 nitrogen and oxygen atoms in total. The summed E-state index contributed by atoms with van der Waals surface area (Å²) in [5.74, 6) is -0.409. The summed E-state index contributed by atoms with van der Waals surface area (Å²) in [7, 11) is 1.90. The molecule has 0 aliphatic rings. The van der Waals surface area contributed by atoms with Crippen LogP contribution in [0.3, 0.4) is 0 Å². The zero-order valence-electron chi connectivity index (χ0n) is 19.0. The fraction of sp³-hybridized carbons (Fsp3) is 0.520. The van der Waals surface area contributed by atoms with Gasteiger partial charge in [-0.1, -0.05) is 46.8 Å². The summed E-state index contributed by atoms with van der Waals surface area (Å²) in [5, 5.41) is 3.25. The molecule has 0 heterocycles. The fourth-order valence-corrected chi connectivity index (χ4v) is 3.42. The number of hydrogen-bond donors (Lipinski definition) is 1. The summed E-state index contributed by atoms with van der Waals surface area (Å²) < 4.78 is 28.3. The van der Waals surface area contributed by atoms with E-state index in [1.807, 2.05) is 43.1 Å². The van der Waals surface area contributed by atoms with Gasteiger partial charge in [-0.15, -0.1) is 0 Å². The Morgan fingerprint density at radius 1 is 0.897 bits per heavy atom. The maximum absolute atomic E-state index is 14.2. The standard InChI is InChI=1S/C25H36F2N2/c1-8-29(7)23-17-19(11-13-21(23)27)25(5,6)14-9-15-28-22-16-18(24(2,3)4)10-12-20(22)26/h10-13,16-17,28H,8-9,14-15H2,1-7H3. The lowest BCUT2D eigenvalue weighted by Crippen LogP contribution is -2.22. The molecule has 29 heavy (non-hydrogen) atoms. The van der Waals surface area contributed by atoms with Gasteiger partial charge in [-0.3, -0.25) is 0 Å². The summed E-state index contributed by atoms with van der Waals surface area (Å²) in [6.07, 6.45) is 1.81. The first-order valence-corrected chi connectivity index (χ1v) is 10.5. The molecule has 0 saturated carbocycles. The van der Waals surface area contributed by atoms with Crippen LogP contribution in [0.25, 0.3) is 0 Å². The van der Waals surface area contributed by atoms with Crippen molar-refractivity contribution < 1.29 is 8.78 Å². The first kappa shape index (κ1) is 23.2. The molecule has 0 unspecified atom stereocenters. The van der Waals surface area contributed by atoms with Crippen molar-refractivity contribution in [2.75, 3.05) is 30.4 Å². The minimum atomic E-state index is -0.219. The van der Waals surface area contributed by atoms with E-state index in [0.717, 1.165) is 30.5 Å². The highest BCUT2D eigenvalue weighted by molar-refractivity contribution is 5.51. The molecule has 0 bridgehead atoms. The van der Waals surface area contributed by atoms with Crippen LogP contribution in [-0.4, -0.2) is 20.1 Å². The fourth-order valence-electron chi connectivity index (χ4n) is 3.42. The van der Waals surface area contributed by atoms with E-state index in [1.165, 1.54) is 6.07 Å². The van der Waals surface area contributed by atoms with Crippen molar-refractivity contribution in [2.24, 2.45) is 0 Å². The van der Waals surface area contributed by atoms with Crippen LogP contribution < -0.4 is 10.2 Å². The van der Waals surface area contributed by atoms with Crippen molar-refractivity contribution in [1.82, 2.24) is 0 Å². The monoisotopic (exact) mass is 402 g/mol. The van der Waals surface area contributed by atoms with E-state index in [9.17, 15) is 8.78 Å². The molecule has 0 amide bonds. The molecule has 0 atom stereocenters. The van der Waals surface area contributed by atoms with E-state index in [-0.39, 0.29) is 22.5 Å². The second-order valence-electron chi connectivity index (χ2n) is 9.54. The SMILES string of the molecule is CCN(C)c1cc(C(C)(C)CCCNc2cc(C(C)(C)C)ccc2F)ccc1F. The minimum absolute atomic E-state index is 0.0158. The predicted octanol–water partition coefficient (Wildman–Crippen LogP) is 6.89. The number of halogens is 2. The second kappa shape index (κ2) is 9.15. The minimum Gasteiger partial charge on any atom is -0.383 e. The van der Waals surface area contributed by atoms with Crippen LogP contribution in [0.4, 0.5) is 20.2 Å². The predicted molar refractivity (Wildman–Crippen MR) is 121 cm³/mol. The van der Waals surface area contributed by atoms with Gasteiger partial charge in [-0.05, 0) is 66.0 Å². The molecule has 0 fully saturated rings. The summed E-state index contributed by atoms with van der Waals surface area (Å²) in [5.41, 5.74) is 3.32. The lowest BCUT2D eigenvalue weighted by atomic mass is 9.80. The van der Waals surface area contributed by atoms with E-state index < -0.39 is 0 Å². The Morgan fingerprint density at radius 3 is 2.14 bits per heavy atom. The van der Waals surface area contributed by atoms with Crippen LogP contribution in [0.15, 0.2) is 36.4 Å². The molecule has 0 aromatic heterocycles. The van der Waals surface area contributed by atoms with Gasteiger partial charge in [-0.25, -0.2) is 8.78 Å². The first-order valence-electron chi connectivity index (χ1n) is 10.5. The Balaban J connectivity index is 2.02. The van der Waals surface area contributed by atoms with Crippen LogP contribution in [0, 0.1) is 11.6 Å². The summed E-state index contributed by atoms with van der Waals surface area (Å²) in [6.45, 7) is 14.2. The van der Waals surface area contributed by atoms with E-state index in [0.29, 0.717) is 17.9 Å². The van der Waals surface area contributed by atoms with Crippen LogP contribution in [0.5, 0.6) is 0 Å². The van der Waals surface area contributed by atoms with E-state index >= 15 is 0 Å². The van der Waals surface area contributed by atoms with Gasteiger partial charge in [0.05, 0.1) is 11.4 Å². The smallest absolute Gasteiger partial charge is 0.146 e. The molecule has 2 rings (SSSR count). The van der Waals surface area contributed by atoms with E-state index in [4.69, 9.17) is 0 Å². The lowest BCUT2D eigenvalue weighted by molar-refractivity contribution is 0.466. The molecule has 4 heteroatoms. The van der Waals surface area contributed by atoms with Gasteiger partial charge >= 0.3 is 0 Å². The maximum Gasteiger partial charge on any atom is 0.146 e. The lowest BCUT2D eigenvalue weighted by Gasteiger charge is -2.28. The molecule has 0 aliphatic carbocycles. The molecular weight excluding hydrogens is 366 g/mol. The number of benzene rings is 2. The zero-order chi connectivity index (χ0) is 21.8. The Morgan fingerprint density at radius 2 is 1.52 bits per heavy atom. The van der Waals surface area contributed by atoms with Crippen molar-refractivity contribution in [2.45, 2.75) is 65.2 Å². The van der Waals surface area contributed by atoms with Gasteiger partial charge in [-0.2, -0.15) is 0 Å². The molecule has 0 radical (unpaired) electrons. The van der Waals surface area contributed by atoms with Crippen LogP contribution in [-0.2, 0) is 10.8 Å². The van der Waals surface area contributed by atoms with Gasteiger partial charge in [0.2, 0.25) is 0 Å². The first-order chi connectivity index (χ1) is 13.5. The van der Waals surface area contributed by atoms with Gasteiger partial charge in [0, 0.05) is 20.1 Å². The summed E-state index contributed by atoms with van der Waals surface area (Å²) >= 11 is 0. The molecule has 2 aromatic carbocycles. The number of rotatable bonds is 8. The average Bonchev–Trinajstić information content (AvgIpc) is 2.65. The highest BCUT2D eigenvalue weighted by atomic mass is 19.1. The molecular formula is C25H36F2N2. The average molecular weight is 403 g/mol. The maximum atomic E-state index is 14.2. The molecule has 0 spiro atoms. The van der Waals surface area contributed by atoms with Crippen LogP contribution in [0.2, 0.25) is 0 Å². The highest BCUT2D eigenvalue weighted by Gasteiger charge is 2.22. The largest absolute Gasteiger partial charge is 0.383 e. The van der Waals surface area contributed by atoms with Crippen molar-refractivity contribution in [1.29, 1.82) is 0 Å². The van der Waals surface area contributed by atoms with E-state index in [1.54, 1.807) is 6.07 Å². The quantitative estimate of drug-likeness (QED) is 0.484. The summed E-state index contributed by atoms with van der Waals surface area (Å²) in [4.78, 5) is 1.92. The molecule has 2 aromatic rings. The highest BCUT2D eigenvalue weighted by Crippen LogP contribution is 2.32. The van der Waals surface area contributed by atoms with Gasteiger partial charge < -0.3 is 10.2 Å². The normalized spacial score (nSPS) is 12.2. The van der Waals surface area contributed by atoms with Crippen molar-refractivity contribution in [3.8, 4) is 0 Å². The Labute approximate surface area is 175 Å². The van der Waals surface area contributed by atoms with Crippen LogP contribution in [0.1, 0.15) is 65.5 Å². The Kier molecular flexibility index (Phi) is 7.31. The number of nitrogens with zero attached hydrogens (tertiary/aromatic N) is 1. The van der Waals surface area contributed by atoms with Gasteiger partial charge in [0.25, 0.3) is 0 Å². The molecule has 0 aliphatic heterocycles. The Hall–Kier alpha value is -2.10. The Bertz CT molecular complexity index is 822. The van der Waals surface area contributed by atoms with Gasteiger partial charge in [0.1, 0.15) is 11.6 Å². The van der Waals surface area contributed by atoms with Gasteiger partial charge in [0.15, 0.2) is 0 Å². The number of hydrogen-bond acceptors (Lipinski definition) is 2. The number of anilines is 2. The van der Waals surface area contributed by atoms with E-state index in [2.05, 4.69) is 39.9 Å². The molecule has 1 N–H and O–H groups in total. The molecule has 160 valence electrons. The van der Waals surface area contributed by atoms with Crippen LogP contribution >= 0.6 is 0 Å². The second-order valence-corrected chi connectivity index (χ2v) is 9.54. The zero-order valence-corrected chi connectivity index (χ0v) is 19.0. The third-order valence-electron chi connectivity index (χ3n) is 5.74.